The highest BCUT2D eigenvalue weighted by Crippen LogP contribution is 2.33. The van der Waals surface area contributed by atoms with Gasteiger partial charge in [-0.25, -0.2) is 4.79 Å². The van der Waals surface area contributed by atoms with E-state index in [1.807, 2.05) is 26.0 Å². The largest absolute Gasteiger partial charge is 0.573 e. The summed E-state index contributed by atoms with van der Waals surface area (Å²) >= 11 is 2.89. The van der Waals surface area contributed by atoms with Crippen molar-refractivity contribution in [3.05, 3.63) is 53.0 Å². The van der Waals surface area contributed by atoms with Crippen LogP contribution in [0.5, 0.6) is 11.5 Å². The minimum atomic E-state index is -4.73. The molecule has 34 heavy (non-hydrogen) atoms. The van der Waals surface area contributed by atoms with E-state index in [0.29, 0.717) is 34.9 Å². The van der Waals surface area contributed by atoms with Crippen molar-refractivity contribution in [3.8, 4) is 22.1 Å². The van der Waals surface area contributed by atoms with Crippen molar-refractivity contribution in [2.24, 2.45) is 0 Å². The lowest BCUT2D eigenvalue weighted by Gasteiger charge is -2.27. The molecular formula is C23H23F3N2O4S2. The number of halogens is 3. The standard InChI is InChI=1S/C23H23F3N2O4S2/c1-4-11-22(3,21(29)30)32-18-10-9-17(12-14(18)2)33-13-19-27-28-20(34-19)15-5-7-16(8-6-15)31-23(24,25)26/h5-10,12H,4,11,13H2,1-3H3,(H,29,30). The molecule has 1 unspecified atom stereocenters. The van der Waals surface area contributed by atoms with E-state index in [0.717, 1.165) is 15.5 Å². The highest BCUT2D eigenvalue weighted by atomic mass is 32.2. The molecule has 1 aromatic heterocycles. The molecule has 3 aromatic rings. The molecule has 0 saturated carbocycles. The monoisotopic (exact) mass is 512 g/mol. The number of ether oxygens (including phenoxy) is 2. The van der Waals surface area contributed by atoms with Crippen LogP contribution in [0.3, 0.4) is 0 Å². The van der Waals surface area contributed by atoms with E-state index in [-0.39, 0.29) is 5.75 Å². The fourth-order valence-corrected chi connectivity index (χ4v) is 4.95. The third-order valence-electron chi connectivity index (χ3n) is 4.83. The van der Waals surface area contributed by atoms with Crippen LogP contribution in [0.15, 0.2) is 47.4 Å². The van der Waals surface area contributed by atoms with E-state index < -0.39 is 17.9 Å². The molecule has 11 heteroatoms. The lowest BCUT2D eigenvalue weighted by molar-refractivity contribution is -0.274. The van der Waals surface area contributed by atoms with Crippen LogP contribution in [0.1, 0.15) is 37.3 Å². The lowest BCUT2D eigenvalue weighted by atomic mass is 10.0. The highest BCUT2D eigenvalue weighted by molar-refractivity contribution is 7.98. The number of hydrogen-bond acceptors (Lipinski definition) is 7. The smallest absolute Gasteiger partial charge is 0.478 e. The van der Waals surface area contributed by atoms with E-state index in [2.05, 4.69) is 14.9 Å². The predicted molar refractivity (Wildman–Crippen MR) is 124 cm³/mol. The molecule has 0 bridgehead atoms. The number of aliphatic carboxylic acids is 1. The zero-order valence-electron chi connectivity index (χ0n) is 18.7. The van der Waals surface area contributed by atoms with E-state index in [1.165, 1.54) is 47.4 Å². The van der Waals surface area contributed by atoms with Crippen LogP contribution in [0, 0.1) is 6.92 Å². The molecule has 2 aromatic carbocycles. The number of hydrogen-bond donors (Lipinski definition) is 1. The molecule has 0 aliphatic rings. The lowest BCUT2D eigenvalue weighted by Crippen LogP contribution is -2.41. The van der Waals surface area contributed by atoms with Crippen molar-refractivity contribution in [3.63, 3.8) is 0 Å². The summed E-state index contributed by atoms with van der Waals surface area (Å²) in [6.07, 6.45) is -3.65. The van der Waals surface area contributed by atoms with E-state index in [9.17, 15) is 23.1 Å². The molecule has 0 amide bonds. The second kappa shape index (κ2) is 10.6. The zero-order valence-corrected chi connectivity index (χ0v) is 20.3. The number of aryl methyl sites for hydroxylation is 1. The third kappa shape index (κ3) is 6.86. The van der Waals surface area contributed by atoms with Gasteiger partial charge in [-0.1, -0.05) is 24.7 Å². The van der Waals surface area contributed by atoms with Gasteiger partial charge in [0.1, 0.15) is 21.5 Å². The minimum absolute atomic E-state index is 0.294. The van der Waals surface area contributed by atoms with Crippen LogP contribution < -0.4 is 9.47 Å². The van der Waals surface area contributed by atoms with Gasteiger partial charge in [0.05, 0.1) is 5.75 Å². The number of aromatic nitrogens is 2. The van der Waals surface area contributed by atoms with Crippen LogP contribution in [-0.2, 0) is 10.5 Å². The molecule has 0 spiro atoms. The van der Waals surface area contributed by atoms with Gasteiger partial charge in [0.15, 0.2) is 0 Å². The number of carboxylic acids is 1. The Morgan fingerprint density at radius 2 is 1.82 bits per heavy atom. The van der Waals surface area contributed by atoms with Crippen LogP contribution in [0.2, 0.25) is 0 Å². The number of alkyl halides is 3. The molecule has 0 aliphatic heterocycles. The zero-order chi connectivity index (χ0) is 24.9. The number of thioether (sulfide) groups is 1. The first-order chi connectivity index (χ1) is 16.0. The van der Waals surface area contributed by atoms with Gasteiger partial charge in [-0.15, -0.1) is 35.1 Å². The molecule has 0 saturated heterocycles. The second-order valence-electron chi connectivity index (χ2n) is 7.68. The van der Waals surface area contributed by atoms with Gasteiger partial charge in [-0.3, -0.25) is 0 Å². The second-order valence-corrected chi connectivity index (χ2v) is 9.79. The molecule has 3 rings (SSSR count). The number of nitrogens with zero attached hydrogens (tertiary/aromatic N) is 2. The van der Waals surface area contributed by atoms with Crippen LogP contribution >= 0.6 is 23.1 Å². The Morgan fingerprint density at radius 3 is 2.41 bits per heavy atom. The normalized spacial score (nSPS) is 13.4. The average molecular weight is 513 g/mol. The maximum absolute atomic E-state index is 12.3. The van der Waals surface area contributed by atoms with E-state index >= 15 is 0 Å². The van der Waals surface area contributed by atoms with Gasteiger partial charge in [-0.2, -0.15) is 0 Å². The third-order valence-corrected chi connectivity index (χ3v) is 6.99. The fraction of sp³-hybridized carbons (Fsp3) is 0.348. The molecule has 1 atom stereocenters. The van der Waals surface area contributed by atoms with Crippen molar-refractivity contribution >= 4 is 29.1 Å². The number of benzene rings is 2. The Kier molecular flexibility index (Phi) is 8.09. The maximum Gasteiger partial charge on any atom is 0.573 e. The van der Waals surface area contributed by atoms with Crippen molar-refractivity contribution in [2.45, 2.75) is 56.2 Å². The van der Waals surface area contributed by atoms with Gasteiger partial charge < -0.3 is 14.6 Å². The number of carbonyl (C=O) groups is 1. The summed E-state index contributed by atoms with van der Waals surface area (Å²) < 4.78 is 46.6. The Bertz CT molecular complexity index is 1140. The van der Waals surface area contributed by atoms with Crippen molar-refractivity contribution in [1.29, 1.82) is 0 Å². The van der Waals surface area contributed by atoms with Crippen LogP contribution in [0.25, 0.3) is 10.6 Å². The first kappa shape index (κ1) is 25.8. The summed E-state index contributed by atoms with van der Waals surface area (Å²) in [6.45, 7) is 5.35. The van der Waals surface area contributed by atoms with Gasteiger partial charge in [0.2, 0.25) is 5.60 Å². The predicted octanol–water partition coefficient (Wildman–Crippen LogP) is 6.73. The van der Waals surface area contributed by atoms with Gasteiger partial charge in [-0.05, 0) is 68.3 Å². The molecule has 0 radical (unpaired) electrons. The first-order valence-electron chi connectivity index (χ1n) is 10.3. The van der Waals surface area contributed by atoms with Gasteiger partial charge in [0.25, 0.3) is 0 Å². The van der Waals surface area contributed by atoms with Crippen molar-refractivity contribution in [1.82, 2.24) is 10.2 Å². The summed E-state index contributed by atoms with van der Waals surface area (Å²) in [5.74, 6) is -0.215. The Morgan fingerprint density at radius 1 is 1.12 bits per heavy atom. The summed E-state index contributed by atoms with van der Waals surface area (Å²) in [4.78, 5) is 12.6. The first-order valence-corrected chi connectivity index (χ1v) is 12.1. The minimum Gasteiger partial charge on any atom is -0.478 e. The average Bonchev–Trinajstić information content (AvgIpc) is 3.22. The molecule has 1 N–H and O–H groups in total. The quantitative estimate of drug-likeness (QED) is 0.302. The summed E-state index contributed by atoms with van der Waals surface area (Å²) in [5.41, 5.74) is 0.190. The van der Waals surface area contributed by atoms with Crippen molar-refractivity contribution in [2.75, 3.05) is 0 Å². The SMILES string of the molecule is CCCC(C)(Oc1ccc(SCc2nnc(-c3ccc(OC(F)(F)F)cc3)s2)cc1C)C(=O)O. The summed E-state index contributed by atoms with van der Waals surface area (Å²) in [7, 11) is 0. The van der Waals surface area contributed by atoms with Crippen LogP contribution in [-0.4, -0.2) is 33.2 Å². The van der Waals surface area contributed by atoms with E-state index in [1.54, 1.807) is 13.0 Å². The van der Waals surface area contributed by atoms with Gasteiger partial charge >= 0.3 is 12.3 Å². The molecule has 6 nitrogen and oxygen atoms in total. The topological polar surface area (TPSA) is 81.5 Å². The maximum atomic E-state index is 12.3. The highest BCUT2D eigenvalue weighted by Gasteiger charge is 2.35. The molecule has 182 valence electrons. The van der Waals surface area contributed by atoms with E-state index in [4.69, 9.17) is 4.74 Å². The number of rotatable bonds is 10. The summed E-state index contributed by atoms with van der Waals surface area (Å²) in [5, 5.41) is 19.2. The van der Waals surface area contributed by atoms with Gasteiger partial charge in [0, 0.05) is 10.5 Å². The molecule has 1 heterocycles. The molecular weight excluding hydrogens is 489 g/mol. The Hall–Kier alpha value is -2.79. The molecule has 0 fully saturated rings. The fourth-order valence-electron chi connectivity index (χ4n) is 3.12. The molecule has 0 aliphatic carbocycles. The van der Waals surface area contributed by atoms with Crippen molar-refractivity contribution < 1.29 is 32.5 Å². The Labute approximate surface area is 203 Å². The Balaban J connectivity index is 1.62. The summed E-state index contributed by atoms with van der Waals surface area (Å²) in [6, 6.07) is 11.0. The van der Waals surface area contributed by atoms with Crippen LogP contribution in [0.4, 0.5) is 13.2 Å². The number of carboxylic acid groups (broad SMARTS) is 1.